The maximum Gasteiger partial charge on any atom is 0.314 e. The molecular weight excluding hydrogens is 384 g/mol. The molecule has 2 N–H and O–H groups in total. The molecule has 0 saturated carbocycles. The molecule has 3 rings (SSSR count). The molecule has 0 spiro atoms. The van der Waals surface area contributed by atoms with E-state index in [0.29, 0.717) is 26.1 Å². The molecule has 3 heterocycles. The van der Waals surface area contributed by atoms with Crippen LogP contribution in [0.3, 0.4) is 0 Å². The van der Waals surface area contributed by atoms with E-state index in [9.17, 15) is 9.59 Å². The summed E-state index contributed by atoms with van der Waals surface area (Å²) in [6.45, 7) is 10.8. The van der Waals surface area contributed by atoms with Crippen molar-refractivity contribution < 1.29 is 9.59 Å². The fourth-order valence-corrected chi connectivity index (χ4v) is 5.49. The summed E-state index contributed by atoms with van der Waals surface area (Å²) >= 11 is 1.77. The first-order valence-electron chi connectivity index (χ1n) is 11.1. The molecule has 1 aromatic rings. The van der Waals surface area contributed by atoms with Crippen LogP contribution in [0.25, 0.3) is 0 Å². The molecule has 1 saturated heterocycles. The van der Waals surface area contributed by atoms with Crippen LogP contribution in [-0.4, -0.2) is 61.0 Å². The maximum absolute atomic E-state index is 12.4. The van der Waals surface area contributed by atoms with Gasteiger partial charge in [-0.3, -0.25) is 4.79 Å². The van der Waals surface area contributed by atoms with E-state index in [-0.39, 0.29) is 11.9 Å². The van der Waals surface area contributed by atoms with E-state index in [0.717, 1.165) is 44.2 Å². The van der Waals surface area contributed by atoms with E-state index < -0.39 is 0 Å². The number of nitrogens with one attached hydrogen (secondary N) is 2. The van der Waals surface area contributed by atoms with Gasteiger partial charge >= 0.3 is 6.03 Å². The summed E-state index contributed by atoms with van der Waals surface area (Å²) in [7, 11) is 0. The molecule has 0 radical (unpaired) electrons. The van der Waals surface area contributed by atoms with Gasteiger partial charge in [0.15, 0.2) is 0 Å². The number of hydrogen-bond acceptors (Lipinski definition) is 4. The number of rotatable bonds is 8. The number of carbonyl (C=O) groups is 2. The Kier molecular flexibility index (Phi) is 8.36. The molecular formula is C22H36N4O2S. The number of hydrogen-bond donors (Lipinski definition) is 2. The molecule has 0 aliphatic carbocycles. The van der Waals surface area contributed by atoms with E-state index in [1.165, 1.54) is 30.0 Å². The van der Waals surface area contributed by atoms with Gasteiger partial charge in [-0.05, 0) is 61.1 Å². The van der Waals surface area contributed by atoms with Crippen LogP contribution in [0, 0.1) is 11.8 Å². The summed E-state index contributed by atoms with van der Waals surface area (Å²) in [6.07, 6.45) is 4.74. The van der Waals surface area contributed by atoms with Crippen molar-refractivity contribution in [2.24, 2.45) is 11.8 Å². The zero-order chi connectivity index (χ0) is 20.6. The molecule has 1 aromatic heterocycles. The second kappa shape index (κ2) is 11.0. The summed E-state index contributed by atoms with van der Waals surface area (Å²) < 4.78 is 0. The average molecular weight is 421 g/mol. The second-order valence-corrected chi connectivity index (χ2v) is 9.78. The van der Waals surface area contributed by atoms with Crippen LogP contribution in [0.15, 0.2) is 11.4 Å². The fraction of sp³-hybridized carbons (Fsp3) is 0.727. The monoisotopic (exact) mass is 420 g/mol. The Morgan fingerprint density at radius 2 is 1.90 bits per heavy atom. The lowest BCUT2D eigenvalue weighted by Gasteiger charge is -2.34. The standard InChI is InChI=1S/C22H36N4O2S/c1-17-13-18(2)15-25(14-17)10-4-3-8-23-22(28)24-9-5-21(27)26-11-6-20-19(16-26)7-12-29-20/h7,12,17-18H,3-6,8-11,13-16H2,1-2H3,(H2,23,24,28). The van der Waals surface area contributed by atoms with Crippen molar-refractivity contribution >= 4 is 23.3 Å². The lowest BCUT2D eigenvalue weighted by Crippen LogP contribution is -2.41. The Morgan fingerprint density at radius 3 is 2.69 bits per heavy atom. The molecule has 2 unspecified atom stereocenters. The predicted molar refractivity (Wildman–Crippen MR) is 118 cm³/mol. The van der Waals surface area contributed by atoms with Gasteiger partial charge in [0, 0.05) is 50.6 Å². The first kappa shape index (κ1) is 22.1. The Balaban J connectivity index is 1.21. The highest BCUT2D eigenvalue weighted by molar-refractivity contribution is 7.10. The summed E-state index contributed by atoms with van der Waals surface area (Å²) in [4.78, 5) is 30.1. The van der Waals surface area contributed by atoms with Crippen LogP contribution in [0.2, 0.25) is 0 Å². The number of urea groups is 1. The minimum atomic E-state index is -0.170. The normalized spacial score (nSPS) is 22.2. The Hall–Kier alpha value is -1.60. The molecule has 1 fully saturated rings. The molecule has 0 bridgehead atoms. The summed E-state index contributed by atoms with van der Waals surface area (Å²) in [5.41, 5.74) is 1.27. The summed E-state index contributed by atoms with van der Waals surface area (Å²) in [5.74, 6) is 1.71. The first-order chi connectivity index (χ1) is 14.0. The first-order valence-corrected chi connectivity index (χ1v) is 12.0. The highest BCUT2D eigenvalue weighted by Crippen LogP contribution is 2.24. The highest BCUT2D eigenvalue weighted by Gasteiger charge is 2.22. The number of likely N-dealkylation sites (tertiary alicyclic amines) is 1. The van der Waals surface area contributed by atoms with Crippen molar-refractivity contribution in [1.29, 1.82) is 0 Å². The quantitative estimate of drug-likeness (QED) is 0.635. The van der Waals surface area contributed by atoms with E-state index in [1.54, 1.807) is 11.3 Å². The van der Waals surface area contributed by atoms with Gasteiger partial charge in [0.1, 0.15) is 0 Å². The smallest absolute Gasteiger partial charge is 0.314 e. The topological polar surface area (TPSA) is 64.7 Å². The SMILES string of the molecule is CC1CC(C)CN(CCCCNC(=O)NCCC(=O)N2CCc3sccc3C2)C1. The molecule has 6 nitrogen and oxygen atoms in total. The van der Waals surface area contributed by atoms with E-state index in [1.807, 2.05) is 4.90 Å². The maximum atomic E-state index is 12.4. The van der Waals surface area contributed by atoms with Crippen molar-refractivity contribution in [2.45, 2.75) is 52.5 Å². The Bertz CT molecular complexity index is 668. The van der Waals surface area contributed by atoms with Crippen molar-refractivity contribution in [3.8, 4) is 0 Å². The average Bonchev–Trinajstić information content (AvgIpc) is 3.14. The lowest BCUT2D eigenvalue weighted by atomic mass is 9.92. The van der Waals surface area contributed by atoms with Gasteiger partial charge in [0.05, 0.1) is 0 Å². The van der Waals surface area contributed by atoms with Crippen molar-refractivity contribution in [3.63, 3.8) is 0 Å². The molecule has 3 amide bonds. The predicted octanol–water partition coefficient (Wildman–Crippen LogP) is 3.08. The molecule has 162 valence electrons. The van der Waals surface area contributed by atoms with Crippen LogP contribution < -0.4 is 10.6 Å². The fourth-order valence-electron chi connectivity index (χ4n) is 4.60. The van der Waals surface area contributed by atoms with E-state index in [2.05, 4.69) is 40.8 Å². The van der Waals surface area contributed by atoms with Gasteiger partial charge in [-0.15, -0.1) is 11.3 Å². The second-order valence-electron chi connectivity index (χ2n) is 8.78. The van der Waals surface area contributed by atoms with Gasteiger partial charge < -0.3 is 20.4 Å². The van der Waals surface area contributed by atoms with Crippen LogP contribution >= 0.6 is 11.3 Å². The lowest BCUT2D eigenvalue weighted by molar-refractivity contribution is -0.131. The summed E-state index contributed by atoms with van der Waals surface area (Å²) in [6, 6.07) is 1.94. The molecule has 29 heavy (non-hydrogen) atoms. The molecule has 2 atom stereocenters. The van der Waals surface area contributed by atoms with Gasteiger partial charge in [-0.25, -0.2) is 4.79 Å². The van der Waals surface area contributed by atoms with Gasteiger partial charge in [0.25, 0.3) is 0 Å². The molecule has 0 aromatic carbocycles. The van der Waals surface area contributed by atoms with Crippen molar-refractivity contribution in [1.82, 2.24) is 20.4 Å². The minimum Gasteiger partial charge on any atom is -0.338 e. The van der Waals surface area contributed by atoms with Crippen LogP contribution in [0.4, 0.5) is 4.79 Å². The zero-order valence-electron chi connectivity index (χ0n) is 17.9. The van der Waals surface area contributed by atoms with E-state index >= 15 is 0 Å². The Labute approximate surface area is 179 Å². The number of thiophene rings is 1. The number of carbonyl (C=O) groups excluding carboxylic acids is 2. The van der Waals surface area contributed by atoms with Crippen LogP contribution in [-0.2, 0) is 17.8 Å². The van der Waals surface area contributed by atoms with E-state index in [4.69, 9.17) is 0 Å². The van der Waals surface area contributed by atoms with Crippen molar-refractivity contribution in [2.75, 3.05) is 39.3 Å². The number of amides is 3. The Morgan fingerprint density at radius 1 is 1.14 bits per heavy atom. The number of fused-ring (bicyclic) bond motifs is 1. The van der Waals surface area contributed by atoms with Gasteiger partial charge in [0.2, 0.25) is 5.91 Å². The number of piperidine rings is 1. The summed E-state index contributed by atoms with van der Waals surface area (Å²) in [5, 5.41) is 7.82. The van der Waals surface area contributed by atoms with Gasteiger partial charge in [-0.1, -0.05) is 13.8 Å². The third-order valence-corrected chi connectivity index (χ3v) is 6.94. The highest BCUT2D eigenvalue weighted by atomic mass is 32.1. The zero-order valence-corrected chi connectivity index (χ0v) is 18.7. The van der Waals surface area contributed by atoms with Crippen LogP contribution in [0.1, 0.15) is 50.0 Å². The molecule has 7 heteroatoms. The number of unbranched alkanes of at least 4 members (excludes halogenated alkanes) is 1. The van der Waals surface area contributed by atoms with Gasteiger partial charge in [-0.2, -0.15) is 0 Å². The third kappa shape index (κ3) is 7.00. The third-order valence-electron chi connectivity index (χ3n) is 5.92. The van der Waals surface area contributed by atoms with Crippen LogP contribution in [0.5, 0.6) is 0 Å². The largest absolute Gasteiger partial charge is 0.338 e. The molecule has 2 aliphatic rings. The number of nitrogens with zero attached hydrogens (tertiary/aromatic N) is 2. The minimum absolute atomic E-state index is 0.118. The molecule has 2 aliphatic heterocycles. The van der Waals surface area contributed by atoms with Crippen molar-refractivity contribution in [3.05, 3.63) is 21.9 Å².